The number of aliphatic hydroxyl groups is 1. The molecule has 0 spiro atoms. The van der Waals surface area contributed by atoms with Crippen molar-refractivity contribution in [1.82, 2.24) is 4.98 Å². The van der Waals surface area contributed by atoms with Crippen molar-refractivity contribution in [3.63, 3.8) is 0 Å². The highest BCUT2D eigenvalue weighted by Crippen LogP contribution is 2.17. The lowest BCUT2D eigenvalue weighted by atomic mass is 10.1. The minimum atomic E-state index is -0.343. The lowest BCUT2D eigenvalue weighted by Gasteiger charge is -2.16. The Bertz CT molecular complexity index is 310. The molecular formula is C10H16ClN3O. The minimum Gasteiger partial charge on any atom is -0.399 e. The molecule has 84 valence electrons. The fourth-order valence-corrected chi connectivity index (χ4v) is 1.63. The Hall–Kier alpha value is -1.00. The number of nitrogens with zero attached hydrogens (tertiary/aromatic N) is 1. The van der Waals surface area contributed by atoms with E-state index in [0.29, 0.717) is 23.1 Å². The Labute approximate surface area is 94.5 Å². The van der Waals surface area contributed by atoms with Gasteiger partial charge in [-0.2, -0.15) is 0 Å². The molecule has 1 heterocycles. The average molecular weight is 230 g/mol. The molecule has 2 atom stereocenters. The Balaban J connectivity index is 2.63. The van der Waals surface area contributed by atoms with Crippen molar-refractivity contribution < 1.29 is 5.11 Å². The van der Waals surface area contributed by atoms with Gasteiger partial charge in [-0.3, -0.25) is 0 Å². The highest BCUT2D eigenvalue weighted by atomic mass is 35.5. The maximum Gasteiger partial charge on any atom is 0.133 e. The number of hydrogen-bond donors (Lipinski definition) is 3. The van der Waals surface area contributed by atoms with Crippen molar-refractivity contribution >= 4 is 23.1 Å². The van der Waals surface area contributed by atoms with Crippen molar-refractivity contribution in [2.45, 2.75) is 32.4 Å². The van der Waals surface area contributed by atoms with E-state index in [9.17, 15) is 5.11 Å². The van der Waals surface area contributed by atoms with E-state index in [-0.39, 0.29) is 12.1 Å². The summed E-state index contributed by atoms with van der Waals surface area (Å²) in [5.74, 6) is 0.633. The molecule has 4 nitrogen and oxygen atoms in total. The van der Waals surface area contributed by atoms with E-state index in [2.05, 4.69) is 10.3 Å². The van der Waals surface area contributed by atoms with E-state index in [0.717, 1.165) is 0 Å². The minimum absolute atomic E-state index is 0.121. The van der Waals surface area contributed by atoms with Crippen LogP contribution < -0.4 is 11.1 Å². The number of nitrogens with two attached hydrogens (primary N) is 1. The summed E-state index contributed by atoms with van der Waals surface area (Å²) in [6.07, 6.45) is 0.303. The molecule has 2 unspecified atom stereocenters. The average Bonchev–Trinajstić information content (AvgIpc) is 1.98. The first-order chi connectivity index (χ1) is 6.97. The number of anilines is 2. The number of pyridine rings is 1. The first kappa shape index (κ1) is 12.1. The maximum absolute atomic E-state index is 9.20. The quantitative estimate of drug-likeness (QED) is 0.690. The Morgan fingerprint density at radius 3 is 2.73 bits per heavy atom. The van der Waals surface area contributed by atoms with Crippen LogP contribution >= 0.6 is 11.6 Å². The first-order valence-electron chi connectivity index (χ1n) is 4.85. The summed E-state index contributed by atoms with van der Waals surface area (Å²) >= 11 is 5.76. The van der Waals surface area contributed by atoms with Gasteiger partial charge in [0, 0.05) is 17.8 Å². The molecule has 0 amide bonds. The normalized spacial score (nSPS) is 14.7. The van der Waals surface area contributed by atoms with Gasteiger partial charge < -0.3 is 16.2 Å². The highest BCUT2D eigenvalue weighted by Gasteiger charge is 2.07. The van der Waals surface area contributed by atoms with E-state index < -0.39 is 0 Å². The van der Waals surface area contributed by atoms with Crippen LogP contribution in [0.2, 0.25) is 5.15 Å². The summed E-state index contributed by atoms with van der Waals surface area (Å²) in [5.41, 5.74) is 6.19. The molecule has 0 radical (unpaired) electrons. The molecule has 0 saturated carbocycles. The van der Waals surface area contributed by atoms with Gasteiger partial charge in [-0.05, 0) is 26.3 Å². The molecule has 1 aromatic rings. The molecule has 15 heavy (non-hydrogen) atoms. The van der Waals surface area contributed by atoms with E-state index in [1.165, 1.54) is 0 Å². The fourth-order valence-electron chi connectivity index (χ4n) is 1.41. The molecule has 0 bridgehead atoms. The predicted molar refractivity (Wildman–Crippen MR) is 63.0 cm³/mol. The van der Waals surface area contributed by atoms with Gasteiger partial charge in [-0.15, -0.1) is 0 Å². The Morgan fingerprint density at radius 2 is 2.20 bits per heavy atom. The molecule has 0 aliphatic carbocycles. The number of nitrogen functional groups attached to an aromatic ring is 1. The van der Waals surface area contributed by atoms with Crippen LogP contribution in [0.3, 0.4) is 0 Å². The molecule has 0 fully saturated rings. The van der Waals surface area contributed by atoms with Gasteiger partial charge in [-0.1, -0.05) is 11.6 Å². The van der Waals surface area contributed by atoms with Crippen LogP contribution in [0.4, 0.5) is 11.5 Å². The van der Waals surface area contributed by atoms with Crippen molar-refractivity contribution in [3.05, 3.63) is 17.3 Å². The zero-order valence-corrected chi connectivity index (χ0v) is 9.62. The first-order valence-corrected chi connectivity index (χ1v) is 5.23. The third-order valence-electron chi connectivity index (χ3n) is 1.91. The Kier molecular flexibility index (Phi) is 4.17. The topological polar surface area (TPSA) is 71.2 Å². The molecule has 0 saturated heterocycles. The molecule has 0 aliphatic heterocycles. The second-order valence-electron chi connectivity index (χ2n) is 3.74. The lowest BCUT2D eigenvalue weighted by Crippen LogP contribution is -2.21. The van der Waals surface area contributed by atoms with E-state index in [1.54, 1.807) is 19.1 Å². The molecule has 1 rings (SSSR count). The number of nitrogens with one attached hydrogen (secondary N) is 1. The van der Waals surface area contributed by atoms with Gasteiger partial charge in [0.1, 0.15) is 11.0 Å². The van der Waals surface area contributed by atoms with E-state index in [4.69, 9.17) is 17.3 Å². The number of rotatable bonds is 4. The standard InChI is InChI=1S/C10H16ClN3O/c1-6(3-7(2)15)13-10-5-8(12)4-9(11)14-10/h4-7,15H,3H2,1-2H3,(H3,12,13,14). The summed E-state index contributed by atoms with van der Waals surface area (Å²) in [4.78, 5) is 4.07. The third-order valence-corrected chi connectivity index (χ3v) is 2.10. The largest absolute Gasteiger partial charge is 0.399 e. The molecule has 5 heteroatoms. The zero-order valence-electron chi connectivity index (χ0n) is 8.87. The van der Waals surface area contributed by atoms with Gasteiger partial charge in [-0.25, -0.2) is 4.98 Å². The van der Waals surface area contributed by atoms with Crippen LogP contribution in [0, 0.1) is 0 Å². The fraction of sp³-hybridized carbons (Fsp3) is 0.500. The van der Waals surface area contributed by atoms with Crippen LogP contribution in [-0.4, -0.2) is 22.2 Å². The molecule has 0 aromatic carbocycles. The number of aromatic nitrogens is 1. The SMILES string of the molecule is CC(O)CC(C)Nc1cc(N)cc(Cl)n1. The van der Waals surface area contributed by atoms with Gasteiger partial charge in [0.25, 0.3) is 0 Å². The van der Waals surface area contributed by atoms with Crippen molar-refractivity contribution in [1.29, 1.82) is 0 Å². The number of hydrogen-bond acceptors (Lipinski definition) is 4. The van der Waals surface area contributed by atoms with Crippen molar-refractivity contribution in [2.24, 2.45) is 0 Å². The van der Waals surface area contributed by atoms with Crippen LogP contribution in [0.5, 0.6) is 0 Å². The number of halogens is 1. The van der Waals surface area contributed by atoms with Gasteiger partial charge >= 0.3 is 0 Å². The van der Waals surface area contributed by atoms with Crippen LogP contribution in [0.1, 0.15) is 20.3 Å². The van der Waals surface area contributed by atoms with Crippen molar-refractivity contribution in [3.8, 4) is 0 Å². The third kappa shape index (κ3) is 4.36. The van der Waals surface area contributed by atoms with Gasteiger partial charge in [0.2, 0.25) is 0 Å². The summed E-state index contributed by atoms with van der Waals surface area (Å²) in [5, 5.41) is 12.7. The lowest BCUT2D eigenvalue weighted by molar-refractivity contribution is 0.179. The summed E-state index contributed by atoms with van der Waals surface area (Å²) in [6.45, 7) is 3.71. The molecular weight excluding hydrogens is 214 g/mol. The van der Waals surface area contributed by atoms with E-state index in [1.807, 2.05) is 6.92 Å². The monoisotopic (exact) mass is 229 g/mol. The summed E-state index contributed by atoms with van der Waals surface area (Å²) < 4.78 is 0. The zero-order chi connectivity index (χ0) is 11.4. The molecule has 0 aliphatic rings. The highest BCUT2D eigenvalue weighted by molar-refractivity contribution is 6.29. The van der Waals surface area contributed by atoms with Crippen molar-refractivity contribution in [2.75, 3.05) is 11.1 Å². The second-order valence-corrected chi connectivity index (χ2v) is 4.13. The van der Waals surface area contributed by atoms with Crippen LogP contribution in [0.25, 0.3) is 0 Å². The molecule has 4 N–H and O–H groups in total. The van der Waals surface area contributed by atoms with E-state index >= 15 is 0 Å². The Morgan fingerprint density at radius 1 is 1.53 bits per heavy atom. The summed E-state index contributed by atoms with van der Waals surface area (Å²) in [7, 11) is 0. The molecule has 1 aromatic heterocycles. The number of aliphatic hydroxyl groups excluding tert-OH is 1. The second kappa shape index (κ2) is 5.19. The van der Waals surface area contributed by atoms with Crippen LogP contribution in [-0.2, 0) is 0 Å². The smallest absolute Gasteiger partial charge is 0.133 e. The van der Waals surface area contributed by atoms with Crippen LogP contribution in [0.15, 0.2) is 12.1 Å². The predicted octanol–water partition coefficient (Wildman–Crippen LogP) is 1.89. The summed E-state index contributed by atoms with van der Waals surface area (Å²) in [6, 6.07) is 3.42. The maximum atomic E-state index is 9.20. The van der Waals surface area contributed by atoms with Gasteiger partial charge in [0.05, 0.1) is 6.10 Å². The van der Waals surface area contributed by atoms with Gasteiger partial charge in [0.15, 0.2) is 0 Å².